The standard InChI is InChI=1S/C32H44ClN3O5/c1-32(2,3)41-31(38)36-20-27(18-29(36)30(37)39-6)40-26-16-23(33)15-25(17-26)35(5)24-13-11-21(12-14-24)28-10-8-7-9-22(28)19-34-4/h7-10,15-17,21,24,27,29,34H,11-14,18-20H2,1-6H3/t21-,24-,27-,29-/m0/s1. The highest BCUT2D eigenvalue weighted by molar-refractivity contribution is 6.31. The second-order valence-electron chi connectivity index (χ2n) is 12.1. The number of methoxy groups -OCH3 is 1. The number of carbonyl (C=O) groups is 2. The first-order valence-corrected chi connectivity index (χ1v) is 14.9. The van der Waals surface area contributed by atoms with Gasteiger partial charge in [-0.3, -0.25) is 4.90 Å². The van der Waals surface area contributed by atoms with Crippen LogP contribution in [0, 0.1) is 0 Å². The first kappa shape index (κ1) is 31.0. The van der Waals surface area contributed by atoms with Crippen LogP contribution < -0.4 is 15.0 Å². The summed E-state index contributed by atoms with van der Waals surface area (Å²) in [4.78, 5) is 29.0. The van der Waals surface area contributed by atoms with E-state index in [4.69, 9.17) is 25.8 Å². The minimum atomic E-state index is -0.769. The van der Waals surface area contributed by atoms with Gasteiger partial charge in [-0.1, -0.05) is 35.9 Å². The second kappa shape index (κ2) is 13.3. The minimum absolute atomic E-state index is 0.214. The quantitative estimate of drug-likeness (QED) is 0.372. The maximum atomic E-state index is 12.8. The van der Waals surface area contributed by atoms with Crippen LogP contribution in [0.15, 0.2) is 42.5 Å². The molecule has 1 saturated heterocycles. The molecule has 1 heterocycles. The zero-order chi connectivity index (χ0) is 29.7. The van der Waals surface area contributed by atoms with E-state index in [0.29, 0.717) is 29.2 Å². The molecule has 0 unspecified atom stereocenters. The number of rotatable bonds is 8. The molecule has 0 bridgehead atoms. The molecule has 41 heavy (non-hydrogen) atoms. The zero-order valence-corrected chi connectivity index (χ0v) is 25.9. The lowest BCUT2D eigenvalue weighted by molar-refractivity contribution is -0.145. The SMILES string of the molecule is CNCc1ccccc1[C@H]1CC[C@H](N(C)c2cc(Cl)cc(O[C@H]3C[C@@H](C(=O)OC)N(C(=O)OC(C)(C)C)C3)c2)CC1. The number of nitrogens with zero attached hydrogens (tertiary/aromatic N) is 2. The molecule has 0 spiro atoms. The van der Waals surface area contributed by atoms with Crippen molar-refractivity contribution in [2.45, 2.75) is 89.1 Å². The summed E-state index contributed by atoms with van der Waals surface area (Å²) < 4.78 is 16.8. The lowest BCUT2D eigenvalue weighted by atomic mass is 9.79. The summed E-state index contributed by atoms with van der Waals surface area (Å²) in [6.07, 6.45) is 3.79. The third-order valence-electron chi connectivity index (χ3n) is 8.04. The summed E-state index contributed by atoms with van der Waals surface area (Å²) in [5.74, 6) is 0.687. The summed E-state index contributed by atoms with van der Waals surface area (Å²) in [6, 6.07) is 14.1. The predicted octanol–water partition coefficient (Wildman–Crippen LogP) is 6.15. The molecule has 2 aliphatic rings. The molecule has 4 rings (SSSR count). The van der Waals surface area contributed by atoms with Crippen molar-refractivity contribution in [2.75, 3.05) is 32.6 Å². The van der Waals surface area contributed by atoms with E-state index in [-0.39, 0.29) is 6.54 Å². The molecule has 1 saturated carbocycles. The first-order valence-electron chi connectivity index (χ1n) is 14.5. The molecule has 0 radical (unpaired) electrons. The molecule has 2 aromatic carbocycles. The number of likely N-dealkylation sites (tertiary alicyclic amines) is 1. The van der Waals surface area contributed by atoms with Gasteiger partial charge in [0.05, 0.1) is 13.7 Å². The third-order valence-corrected chi connectivity index (χ3v) is 8.25. The average Bonchev–Trinajstić information content (AvgIpc) is 3.35. The highest BCUT2D eigenvalue weighted by Crippen LogP contribution is 2.38. The molecule has 1 N–H and O–H groups in total. The third kappa shape index (κ3) is 7.86. The molecule has 1 aliphatic carbocycles. The van der Waals surface area contributed by atoms with Crippen LogP contribution in [0.5, 0.6) is 5.75 Å². The normalized spacial score (nSPS) is 22.8. The van der Waals surface area contributed by atoms with Crippen molar-refractivity contribution < 1.29 is 23.8 Å². The van der Waals surface area contributed by atoms with E-state index in [1.54, 1.807) is 26.8 Å². The Kier molecular flexibility index (Phi) is 10.1. The number of ether oxygens (including phenoxy) is 3. The Labute approximate surface area is 249 Å². The van der Waals surface area contributed by atoms with Gasteiger partial charge in [0.15, 0.2) is 0 Å². The van der Waals surface area contributed by atoms with E-state index in [9.17, 15) is 9.59 Å². The van der Waals surface area contributed by atoms with Crippen molar-refractivity contribution in [1.29, 1.82) is 0 Å². The molecule has 1 aliphatic heterocycles. The van der Waals surface area contributed by atoms with E-state index in [1.807, 2.05) is 19.2 Å². The van der Waals surface area contributed by atoms with Gasteiger partial charge < -0.3 is 24.4 Å². The van der Waals surface area contributed by atoms with E-state index in [0.717, 1.165) is 37.9 Å². The second-order valence-corrected chi connectivity index (χ2v) is 12.6. The number of amides is 1. The van der Waals surface area contributed by atoms with Gasteiger partial charge in [0.25, 0.3) is 0 Å². The fraction of sp³-hybridized carbons (Fsp3) is 0.562. The summed E-state index contributed by atoms with van der Waals surface area (Å²) in [5, 5.41) is 3.87. The Balaban J connectivity index is 1.42. The van der Waals surface area contributed by atoms with Crippen LogP contribution in [0.1, 0.15) is 69.9 Å². The molecule has 8 nitrogen and oxygen atoms in total. The van der Waals surface area contributed by atoms with Crippen LogP contribution in [0.2, 0.25) is 5.02 Å². The number of esters is 1. The van der Waals surface area contributed by atoms with E-state index < -0.39 is 29.8 Å². The molecule has 2 fully saturated rings. The maximum Gasteiger partial charge on any atom is 0.411 e. The number of hydrogen-bond acceptors (Lipinski definition) is 7. The number of benzene rings is 2. The van der Waals surface area contributed by atoms with Crippen molar-refractivity contribution in [1.82, 2.24) is 10.2 Å². The molecule has 2 atom stereocenters. The molecule has 0 aromatic heterocycles. The van der Waals surface area contributed by atoms with Crippen LogP contribution in [0.25, 0.3) is 0 Å². The van der Waals surface area contributed by atoms with Crippen molar-refractivity contribution in [3.05, 3.63) is 58.6 Å². The largest absolute Gasteiger partial charge is 0.488 e. The Morgan fingerprint density at radius 1 is 1.10 bits per heavy atom. The van der Waals surface area contributed by atoms with Crippen LogP contribution in [0.3, 0.4) is 0 Å². The Morgan fingerprint density at radius 3 is 2.46 bits per heavy atom. The highest BCUT2D eigenvalue weighted by atomic mass is 35.5. The monoisotopic (exact) mass is 585 g/mol. The van der Waals surface area contributed by atoms with Gasteiger partial charge in [0, 0.05) is 42.8 Å². The Bertz CT molecular complexity index is 1210. The van der Waals surface area contributed by atoms with Crippen molar-refractivity contribution in [2.24, 2.45) is 0 Å². The van der Waals surface area contributed by atoms with E-state index >= 15 is 0 Å². The van der Waals surface area contributed by atoms with Crippen LogP contribution in [0.4, 0.5) is 10.5 Å². The maximum absolute atomic E-state index is 12.8. The number of halogens is 1. The van der Waals surface area contributed by atoms with Gasteiger partial charge >= 0.3 is 12.1 Å². The lowest BCUT2D eigenvalue weighted by Crippen LogP contribution is -2.44. The first-order chi connectivity index (χ1) is 19.5. The number of hydrogen-bond donors (Lipinski definition) is 1. The number of carbonyl (C=O) groups excluding carboxylic acids is 2. The van der Waals surface area contributed by atoms with Gasteiger partial charge in [-0.2, -0.15) is 0 Å². The zero-order valence-electron chi connectivity index (χ0n) is 25.1. The average molecular weight is 586 g/mol. The molecule has 2 aromatic rings. The molecule has 9 heteroatoms. The van der Waals surface area contributed by atoms with Crippen LogP contribution in [-0.2, 0) is 20.8 Å². The van der Waals surface area contributed by atoms with Crippen molar-refractivity contribution in [3.8, 4) is 5.75 Å². The number of nitrogens with one attached hydrogen (secondary N) is 1. The van der Waals surface area contributed by atoms with Crippen LogP contribution >= 0.6 is 11.6 Å². The number of anilines is 1. The molecular formula is C32H44ClN3O5. The molecule has 1 amide bonds. The summed E-state index contributed by atoms with van der Waals surface area (Å²) >= 11 is 6.55. The highest BCUT2D eigenvalue weighted by Gasteiger charge is 2.43. The minimum Gasteiger partial charge on any atom is -0.488 e. The Morgan fingerprint density at radius 2 is 1.80 bits per heavy atom. The van der Waals surface area contributed by atoms with E-state index in [1.165, 1.54) is 23.1 Å². The Hall–Kier alpha value is -2.97. The smallest absolute Gasteiger partial charge is 0.411 e. The summed E-state index contributed by atoms with van der Waals surface area (Å²) in [5.41, 5.74) is 3.15. The van der Waals surface area contributed by atoms with Gasteiger partial charge in [-0.05, 0) is 82.7 Å². The van der Waals surface area contributed by atoms with Gasteiger partial charge in [-0.15, -0.1) is 0 Å². The fourth-order valence-electron chi connectivity index (χ4n) is 6.05. The summed E-state index contributed by atoms with van der Waals surface area (Å²) in [6.45, 7) is 6.48. The van der Waals surface area contributed by atoms with Crippen molar-refractivity contribution in [3.63, 3.8) is 0 Å². The van der Waals surface area contributed by atoms with E-state index in [2.05, 4.69) is 41.5 Å². The summed E-state index contributed by atoms with van der Waals surface area (Å²) in [7, 11) is 5.42. The lowest BCUT2D eigenvalue weighted by Gasteiger charge is -2.37. The van der Waals surface area contributed by atoms with Gasteiger partial charge in [0.1, 0.15) is 23.5 Å². The van der Waals surface area contributed by atoms with Gasteiger partial charge in [0.2, 0.25) is 0 Å². The van der Waals surface area contributed by atoms with Crippen LogP contribution in [-0.4, -0.2) is 68.5 Å². The predicted molar refractivity (Wildman–Crippen MR) is 162 cm³/mol. The van der Waals surface area contributed by atoms with Gasteiger partial charge in [-0.25, -0.2) is 9.59 Å². The fourth-order valence-corrected chi connectivity index (χ4v) is 6.26. The molecule has 224 valence electrons. The topological polar surface area (TPSA) is 80.3 Å². The molecular weight excluding hydrogens is 542 g/mol. The van der Waals surface area contributed by atoms with Crippen molar-refractivity contribution >= 4 is 29.4 Å².